The third-order valence-corrected chi connectivity index (χ3v) is 4.29. The van der Waals surface area contributed by atoms with Crippen molar-refractivity contribution in [2.75, 3.05) is 11.4 Å². The molecule has 130 valence electrons. The fourth-order valence-corrected chi connectivity index (χ4v) is 2.97. The first-order valence-electron chi connectivity index (χ1n) is 8.27. The molecule has 26 heavy (non-hydrogen) atoms. The van der Waals surface area contributed by atoms with Crippen molar-refractivity contribution in [1.29, 1.82) is 0 Å². The number of esters is 1. The molecular weight excluding hydrogens is 334 g/mol. The van der Waals surface area contributed by atoms with Gasteiger partial charge >= 0.3 is 11.6 Å². The molecule has 1 amide bonds. The molecule has 1 fully saturated rings. The monoisotopic (exact) mass is 349 g/mol. The summed E-state index contributed by atoms with van der Waals surface area (Å²) in [5.41, 5.74) is 1.03. The number of hydrogen-bond donors (Lipinski definition) is 0. The molecular formula is C20H15NO5. The van der Waals surface area contributed by atoms with Gasteiger partial charge in [0, 0.05) is 36.2 Å². The van der Waals surface area contributed by atoms with E-state index in [1.165, 1.54) is 12.1 Å². The number of benzene rings is 2. The minimum Gasteiger partial charge on any atom is -0.423 e. The molecule has 0 atom stereocenters. The third kappa shape index (κ3) is 3.09. The number of nitrogens with zero attached hydrogens (tertiary/aromatic N) is 1. The fourth-order valence-electron chi connectivity index (χ4n) is 2.97. The lowest BCUT2D eigenvalue weighted by Crippen LogP contribution is -2.23. The minimum absolute atomic E-state index is 0.0954. The summed E-state index contributed by atoms with van der Waals surface area (Å²) in [4.78, 5) is 37.1. The molecule has 1 aliphatic heterocycles. The van der Waals surface area contributed by atoms with E-state index in [0.29, 0.717) is 24.1 Å². The van der Waals surface area contributed by atoms with Crippen LogP contribution in [0, 0.1) is 0 Å². The summed E-state index contributed by atoms with van der Waals surface area (Å²) in [6.07, 6.45) is 1.41. The first-order chi connectivity index (χ1) is 12.6. The number of carbonyl (C=O) groups is 2. The van der Waals surface area contributed by atoms with E-state index >= 15 is 0 Å². The molecule has 3 aromatic rings. The number of hydrogen-bond acceptors (Lipinski definition) is 5. The van der Waals surface area contributed by atoms with Crippen LogP contribution in [0.1, 0.15) is 23.2 Å². The second-order valence-electron chi connectivity index (χ2n) is 6.04. The molecule has 0 spiro atoms. The van der Waals surface area contributed by atoms with Crippen molar-refractivity contribution in [2.24, 2.45) is 0 Å². The van der Waals surface area contributed by atoms with Gasteiger partial charge in [-0.1, -0.05) is 0 Å². The predicted octanol–water partition coefficient (Wildman–Crippen LogP) is 3.14. The highest BCUT2D eigenvalue weighted by atomic mass is 16.5. The number of amides is 1. The van der Waals surface area contributed by atoms with Crippen molar-refractivity contribution in [3.8, 4) is 5.75 Å². The molecule has 0 aliphatic carbocycles. The smallest absolute Gasteiger partial charge is 0.343 e. The lowest BCUT2D eigenvalue weighted by atomic mass is 10.2. The van der Waals surface area contributed by atoms with Gasteiger partial charge in [-0.3, -0.25) is 4.79 Å². The number of carbonyl (C=O) groups excluding carboxylic acids is 2. The molecule has 2 heterocycles. The van der Waals surface area contributed by atoms with Gasteiger partial charge in [0.1, 0.15) is 11.3 Å². The molecule has 0 bridgehead atoms. The predicted molar refractivity (Wildman–Crippen MR) is 95.5 cm³/mol. The summed E-state index contributed by atoms with van der Waals surface area (Å²) >= 11 is 0. The quantitative estimate of drug-likeness (QED) is 0.412. The van der Waals surface area contributed by atoms with Gasteiger partial charge in [0.25, 0.3) is 0 Å². The Kier molecular flexibility index (Phi) is 4.01. The van der Waals surface area contributed by atoms with Gasteiger partial charge in [-0.2, -0.15) is 0 Å². The average molecular weight is 349 g/mol. The number of fused-ring (bicyclic) bond motifs is 1. The first-order valence-corrected chi connectivity index (χ1v) is 8.27. The van der Waals surface area contributed by atoms with E-state index in [9.17, 15) is 14.4 Å². The summed E-state index contributed by atoms with van der Waals surface area (Å²) in [5, 5.41) is 0.740. The Morgan fingerprint density at radius 2 is 1.77 bits per heavy atom. The molecule has 2 aromatic carbocycles. The van der Waals surface area contributed by atoms with E-state index in [0.717, 1.165) is 17.5 Å². The van der Waals surface area contributed by atoms with Crippen LogP contribution in [0.5, 0.6) is 5.75 Å². The van der Waals surface area contributed by atoms with E-state index < -0.39 is 11.6 Å². The maximum absolute atomic E-state index is 12.3. The maximum atomic E-state index is 12.3. The largest absolute Gasteiger partial charge is 0.423 e. The Morgan fingerprint density at radius 1 is 1.00 bits per heavy atom. The van der Waals surface area contributed by atoms with Gasteiger partial charge < -0.3 is 14.1 Å². The second-order valence-corrected chi connectivity index (χ2v) is 6.04. The van der Waals surface area contributed by atoms with Crippen molar-refractivity contribution >= 4 is 28.5 Å². The van der Waals surface area contributed by atoms with Gasteiger partial charge in [-0.15, -0.1) is 0 Å². The van der Waals surface area contributed by atoms with E-state index in [-0.39, 0.29) is 11.7 Å². The van der Waals surface area contributed by atoms with Crippen molar-refractivity contribution in [3.63, 3.8) is 0 Å². The highest BCUT2D eigenvalue weighted by Gasteiger charge is 2.21. The molecule has 0 saturated carbocycles. The molecule has 0 radical (unpaired) electrons. The standard InChI is InChI=1S/C20H15NO5/c22-18-2-1-11-21(18)15-7-3-14(4-8-15)20(24)25-16-9-5-13-6-10-19(23)26-17(13)12-16/h3-10,12H,1-2,11H2. The van der Waals surface area contributed by atoms with Crippen LogP contribution >= 0.6 is 0 Å². The zero-order valence-corrected chi connectivity index (χ0v) is 13.8. The number of rotatable bonds is 3. The van der Waals surface area contributed by atoms with Gasteiger partial charge in [0.2, 0.25) is 5.91 Å². The molecule has 4 rings (SSSR count). The zero-order valence-electron chi connectivity index (χ0n) is 13.8. The first kappa shape index (κ1) is 16.1. The Hall–Kier alpha value is -3.41. The summed E-state index contributed by atoms with van der Waals surface area (Å²) in [7, 11) is 0. The lowest BCUT2D eigenvalue weighted by molar-refractivity contribution is -0.117. The van der Waals surface area contributed by atoms with E-state index in [1.807, 2.05) is 0 Å². The van der Waals surface area contributed by atoms with E-state index in [4.69, 9.17) is 9.15 Å². The van der Waals surface area contributed by atoms with Crippen molar-refractivity contribution in [1.82, 2.24) is 0 Å². The van der Waals surface area contributed by atoms with Crippen molar-refractivity contribution in [3.05, 3.63) is 70.6 Å². The summed E-state index contributed by atoms with van der Waals surface area (Å²) in [6.45, 7) is 0.699. The van der Waals surface area contributed by atoms with Gasteiger partial charge in [0.05, 0.1) is 5.56 Å². The zero-order chi connectivity index (χ0) is 18.1. The molecule has 0 N–H and O–H groups in total. The van der Waals surface area contributed by atoms with Crippen LogP contribution in [-0.4, -0.2) is 18.4 Å². The summed E-state index contributed by atoms with van der Waals surface area (Å²) in [5.74, 6) is -0.143. The highest BCUT2D eigenvalue weighted by molar-refractivity contribution is 5.96. The molecule has 1 aliphatic rings. The van der Waals surface area contributed by atoms with Crippen molar-refractivity contribution in [2.45, 2.75) is 12.8 Å². The SMILES string of the molecule is O=C(Oc1ccc2ccc(=O)oc2c1)c1ccc(N2CCCC2=O)cc1. The molecule has 1 saturated heterocycles. The van der Waals surface area contributed by atoms with Crippen LogP contribution in [-0.2, 0) is 4.79 Å². The van der Waals surface area contributed by atoms with Crippen LogP contribution in [0.15, 0.2) is 63.8 Å². The van der Waals surface area contributed by atoms with Crippen LogP contribution in [0.2, 0.25) is 0 Å². The fraction of sp³-hybridized carbons (Fsp3) is 0.150. The number of anilines is 1. The van der Waals surface area contributed by atoms with Crippen LogP contribution in [0.4, 0.5) is 5.69 Å². The Balaban J connectivity index is 1.52. The normalized spacial score (nSPS) is 14.0. The minimum atomic E-state index is -0.526. The average Bonchev–Trinajstić information content (AvgIpc) is 3.07. The topological polar surface area (TPSA) is 76.8 Å². The van der Waals surface area contributed by atoms with Crippen LogP contribution < -0.4 is 15.3 Å². The molecule has 6 nitrogen and oxygen atoms in total. The number of ether oxygens (including phenoxy) is 1. The molecule has 6 heteroatoms. The lowest BCUT2D eigenvalue weighted by Gasteiger charge is -2.15. The van der Waals surface area contributed by atoms with Gasteiger partial charge in [-0.25, -0.2) is 9.59 Å². The van der Waals surface area contributed by atoms with E-state index in [1.54, 1.807) is 47.4 Å². The summed E-state index contributed by atoms with van der Waals surface area (Å²) < 4.78 is 10.4. The Labute approximate surface area is 148 Å². The van der Waals surface area contributed by atoms with Gasteiger partial charge in [0.15, 0.2) is 0 Å². The Bertz CT molecular complexity index is 1050. The summed E-state index contributed by atoms with van der Waals surface area (Å²) in [6, 6.07) is 14.6. The second kappa shape index (κ2) is 6.48. The molecule has 1 aromatic heterocycles. The third-order valence-electron chi connectivity index (χ3n) is 4.29. The van der Waals surface area contributed by atoms with Gasteiger partial charge in [-0.05, 0) is 48.9 Å². The van der Waals surface area contributed by atoms with Crippen LogP contribution in [0.3, 0.4) is 0 Å². The highest BCUT2D eigenvalue weighted by Crippen LogP contribution is 2.23. The van der Waals surface area contributed by atoms with Crippen LogP contribution in [0.25, 0.3) is 11.0 Å². The van der Waals surface area contributed by atoms with Crippen molar-refractivity contribution < 1.29 is 18.7 Å². The molecule has 0 unspecified atom stereocenters. The maximum Gasteiger partial charge on any atom is 0.343 e. The Morgan fingerprint density at radius 3 is 2.50 bits per heavy atom. The van der Waals surface area contributed by atoms with E-state index in [2.05, 4.69) is 0 Å².